The fourth-order valence-electron chi connectivity index (χ4n) is 2.15. The van der Waals surface area contributed by atoms with Crippen LogP contribution in [0.5, 0.6) is 0 Å². The quantitative estimate of drug-likeness (QED) is 0.633. The minimum atomic E-state index is -0.399. The number of aliphatic hydroxyl groups excluding tert-OH is 1. The molecule has 4 nitrogen and oxygen atoms in total. The second-order valence-electron chi connectivity index (χ2n) is 4.37. The summed E-state index contributed by atoms with van der Waals surface area (Å²) < 4.78 is 0. The van der Waals surface area contributed by atoms with Crippen LogP contribution in [-0.2, 0) is 4.79 Å². The van der Waals surface area contributed by atoms with Gasteiger partial charge in [-0.2, -0.15) is 0 Å². The standard InChI is InChI=1S/C10H18N2O2/c1-12(8-5-11-6-9(8)13)10(14)7-3-2-4-7/h7-9,11,13H,2-6H2,1H3/t8-,9-/m1/s1. The van der Waals surface area contributed by atoms with E-state index < -0.39 is 6.10 Å². The number of rotatable bonds is 2. The van der Waals surface area contributed by atoms with Gasteiger partial charge in [0, 0.05) is 26.1 Å². The topological polar surface area (TPSA) is 52.6 Å². The van der Waals surface area contributed by atoms with E-state index in [4.69, 9.17) is 0 Å². The maximum Gasteiger partial charge on any atom is 0.225 e. The maximum atomic E-state index is 11.8. The number of likely N-dealkylation sites (N-methyl/N-ethyl adjacent to an activating group) is 1. The SMILES string of the molecule is CN(C(=O)C1CCC1)[C@@H]1CNC[C@H]1O. The average molecular weight is 198 g/mol. The van der Waals surface area contributed by atoms with Crippen molar-refractivity contribution in [3.8, 4) is 0 Å². The molecule has 1 saturated heterocycles. The first-order valence-corrected chi connectivity index (χ1v) is 5.35. The van der Waals surface area contributed by atoms with Crippen molar-refractivity contribution in [3.05, 3.63) is 0 Å². The molecule has 0 bridgehead atoms. The van der Waals surface area contributed by atoms with Crippen LogP contribution in [0.4, 0.5) is 0 Å². The molecular formula is C10H18N2O2. The van der Waals surface area contributed by atoms with Gasteiger partial charge in [0.25, 0.3) is 0 Å². The monoisotopic (exact) mass is 198 g/mol. The van der Waals surface area contributed by atoms with E-state index in [2.05, 4.69) is 5.32 Å². The highest BCUT2D eigenvalue weighted by atomic mass is 16.3. The van der Waals surface area contributed by atoms with Crippen molar-refractivity contribution in [1.82, 2.24) is 10.2 Å². The molecule has 14 heavy (non-hydrogen) atoms. The Morgan fingerprint density at radius 2 is 2.14 bits per heavy atom. The number of hydrogen-bond acceptors (Lipinski definition) is 3. The van der Waals surface area contributed by atoms with Gasteiger partial charge >= 0.3 is 0 Å². The largest absolute Gasteiger partial charge is 0.390 e. The third kappa shape index (κ3) is 1.64. The van der Waals surface area contributed by atoms with Crippen LogP contribution in [0, 0.1) is 5.92 Å². The van der Waals surface area contributed by atoms with Crippen molar-refractivity contribution >= 4 is 5.91 Å². The highest BCUT2D eigenvalue weighted by Gasteiger charge is 2.35. The molecule has 0 aromatic heterocycles. The van der Waals surface area contributed by atoms with Crippen LogP contribution in [0.2, 0.25) is 0 Å². The summed E-state index contributed by atoms with van der Waals surface area (Å²) in [7, 11) is 1.81. The number of nitrogens with zero attached hydrogens (tertiary/aromatic N) is 1. The van der Waals surface area contributed by atoms with Crippen LogP contribution in [0.15, 0.2) is 0 Å². The maximum absolute atomic E-state index is 11.8. The Bertz CT molecular complexity index is 228. The summed E-state index contributed by atoms with van der Waals surface area (Å²) in [5.41, 5.74) is 0. The third-order valence-electron chi connectivity index (χ3n) is 3.45. The number of hydrogen-bond donors (Lipinski definition) is 2. The highest BCUT2D eigenvalue weighted by molar-refractivity contribution is 5.79. The van der Waals surface area contributed by atoms with Gasteiger partial charge in [0.1, 0.15) is 0 Å². The number of amides is 1. The van der Waals surface area contributed by atoms with Crippen molar-refractivity contribution in [2.75, 3.05) is 20.1 Å². The van der Waals surface area contributed by atoms with Crippen LogP contribution < -0.4 is 5.32 Å². The molecule has 2 N–H and O–H groups in total. The minimum Gasteiger partial charge on any atom is -0.390 e. The van der Waals surface area contributed by atoms with Gasteiger partial charge in [0.15, 0.2) is 0 Å². The zero-order chi connectivity index (χ0) is 10.1. The molecule has 1 aliphatic heterocycles. The van der Waals surface area contributed by atoms with Gasteiger partial charge in [-0.05, 0) is 12.8 Å². The predicted molar refractivity (Wildman–Crippen MR) is 52.8 cm³/mol. The van der Waals surface area contributed by atoms with Gasteiger partial charge in [-0.25, -0.2) is 0 Å². The molecule has 0 aromatic rings. The molecule has 1 amide bonds. The summed E-state index contributed by atoms with van der Waals surface area (Å²) in [5.74, 6) is 0.441. The molecule has 80 valence electrons. The Morgan fingerprint density at radius 3 is 2.57 bits per heavy atom. The molecule has 1 aliphatic carbocycles. The lowest BCUT2D eigenvalue weighted by Gasteiger charge is -2.33. The zero-order valence-electron chi connectivity index (χ0n) is 8.57. The summed E-state index contributed by atoms with van der Waals surface area (Å²) in [4.78, 5) is 13.6. The van der Waals surface area contributed by atoms with Crippen molar-refractivity contribution < 1.29 is 9.90 Å². The first-order valence-electron chi connectivity index (χ1n) is 5.35. The first-order chi connectivity index (χ1) is 6.70. The number of carbonyl (C=O) groups excluding carboxylic acids is 1. The third-order valence-corrected chi connectivity index (χ3v) is 3.45. The lowest BCUT2D eigenvalue weighted by molar-refractivity contribution is -0.140. The minimum absolute atomic E-state index is 0.0249. The van der Waals surface area contributed by atoms with Crippen molar-refractivity contribution in [1.29, 1.82) is 0 Å². The first kappa shape index (κ1) is 9.93. The second-order valence-corrected chi connectivity index (χ2v) is 4.37. The van der Waals surface area contributed by atoms with Crippen molar-refractivity contribution in [2.45, 2.75) is 31.4 Å². The summed E-state index contributed by atoms with van der Waals surface area (Å²) in [6.07, 6.45) is 2.83. The molecule has 2 rings (SSSR count). The molecule has 1 heterocycles. The fraction of sp³-hybridized carbons (Fsp3) is 0.900. The number of β-amino-alcohol motifs (C(OH)–C–C–N with tert-alkyl or cyclic N) is 1. The van der Waals surface area contributed by atoms with Crippen LogP contribution >= 0.6 is 0 Å². The van der Waals surface area contributed by atoms with Gasteiger partial charge < -0.3 is 15.3 Å². The Kier molecular flexibility index (Phi) is 2.74. The number of aliphatic hydroxyl groups is 1. The molecular weight excluding hydrogens is 180 g/mol. The predicted octanol–water partition coefficient (Wildman–Crippen LogP) is -0.422. The molecule has 2 fully saturated rings. The van der Waals surface area contributed by atoms with E-state index in [0.29, 0.717) is 6.54 Å². The molecule has 4 heteroatoms. The fourth-order valence-corrected chi connectivity index (χ4v) is 2.15. The van der Waals surface area contributed by atoms with Crippen LogP contribution in [0.3, 0.4) is 0 Å². The Morgan fingerprint density at radius 1 is 1.43 bits per heavy atom. The Balaban J connectivity index is 1.92. The van der Waals surface area contributed by atoms with Crippen LogP contribution in [0.1, 0.15) is 19.3 Å². The van der Waals surface area contributed by atoms with E-state index in [-0.39, 0.29) is 17.9 Å². The van der Waals surface area contributed by atoms with Gasteiger partial charge in [-0.1, -0.05) is 6.42 Å². The smallest absolute Gasteiger partial charge is 0.225 e. The van der Waals surface area contributed by atoms with E-state index in [1.54, 1.807) is 4.90 Å². The zero-order valence-corrected chi connectivity index (χ0v) is 8.57. The van der Waals surface area contributed by atoms with E-state index in [1.807, 2.05) is 7.05 Å². The molecule has 1 saturated carbocycles. The Labute approximate surface area is 84.3 Å². The second kappa shape index (κ2) is 3.87. The van der Waals surface area contributed by atoms with E-state index in [1.165, 1.54) is 6.42 Å². The van der Waals surface area contributed by atoms with Gasteiger partial charge in [0.2, 0.25) is 5.91 Å². The van der Waals surface area contributed by atoms with Gasteiger partial charge in [-0.15, -0.1) is 0 Å². The lowest BCUT2D eigenvalue weighted by atomic mass is 9.84. The van der Waals surface area contributed by atoms with Crippen molar-refractivity contribution in [2.24, 2.45) is 5.92 Å². The van der Waals surface area contributed by atoms with E-state index in [9.17, 15) is 9.90 Å². The number of nitrogens with one attached hydrogen (secondary N) is 1. The van der Waals surface area contributed by atoms with Gasteiger partial charge in [-0.3, -0.25) is 4.79 Å². The summed E-state index contributed by atoms with van der Waals surface area (Å²) >= 11 is 0. The summed E-state index contributed by atoms with van der Waals surface area (Å²) in [6.45, 7) is 1.32. The van der Waals surface area contributed by atoms with Gasteiger partial charge in [0.05, 0.1) is 12.1 Å². The molecule has 0 unspecified atom stereocenters. The summed E-state index contributed by atoms with van der Waals surface area (Å²) in [6, 6.07) is -0.0249. The molecule has 2 aliphatic rings. The number of carbonyl (C=O) groups is 1. The Hall–Kier alpha value is -0.610. The normalized spacial score (nSPS) is 32.7. The average Bonchev–Trinajstić information content (AvgIpc) is 2.47. The van der Waals surface area contributed by atoms with Crippen molar-refractivity contribution in [3.63, 3.8) is 0 Å². The molecule has 0 spiro atoms. The molecule has 0 radical (unpaired) electrons. The lowest BCUT2D eigenvalue weighted by Crippen LogP contribution is -2.47. The molecule has 0 aromatic carbocycles. The van der Waals surface area contributed by atoms with Crippen LogP contribution in [0.25, 0.3) is 0 Å². The summed E-state index contributed by atoms with van der Waals surface area (Å²) in [5, 5.41) is 12.7. The van der Waals surface area contributed by atoms with E-state index >= 15 is 0 Å². The van der Waals surface area contributed by atoms with Crippen LogP contribution in [-0.4, -0.2) is 48.2 Å². The highest BCUT2D eigenvalue weighted by Crippen LogP contribution is 2.28. The van der Waals surface area contributed by atoms with E-state index in [0.717, 1.165) is 19.4 Å². The molecule has 2 atom stereocenters.